The fourth-order valence-corrected chi connectivity index (χ4v) is 4.57. The third-order valence-corrected chi connectivity index (χ3v) is 7.10. The maximum absolute atomic E-state index is 12.6. The van der Waals surface area contributed by atoms with Crippen molar-refractivity contribution in [3.05, 3.63) is 64.7 Å². The second-order valence-electron chi connectivity index (χ2n) is 7.93. The lowest BCUT2D eigenvalue weighted by atomic mass is 10.1. The molecule has 0 spiro atoms. The normalized spacial score (nSPS) is 14.5. The summed E-state index contributed by atoms with van der Waals surface area (Å²) in [6, 6.07) is 12.4. The highest BCUT2D eigenvalue weighted by Gasteiger charge is 2.25. The average molecular weight is 444 g/mol. The van der Waals surface area contributed by atoms with Gasteiger partial charge in [0.1, 0.15) is 0 Å². The number of carbonyl (C=O) groups is 2. The van der Waals surface area contributed by atoms with Crippen LogP contribution in [-0.2, 0) is 14.8 Å². The first-order valence-electron chi connectivity index (χ1n) is 10.4. The Kier molecular flexibility index (Phi) is 7.12. The van der Waals surface area contributed by atoms with E-state index in [4.69, 9.17) is 0 Å². The van der Waals surface area contributed by atoms with E-state index in [1.807, 2.05) is 45.0 Å². The number of aryl methyl sites for hydroxylation is 3. The number of amides is 2. The van der Waals surface area contributed by atoms with Crippen LogP contribution in [0, 0.1) is 20.8 Å². The number of benzene rings is 2. The van der Waals surface area contributed by atoms with Crippen molar-refractivity contribution in [3.63, 3.8) is 0 Å². The highest BCUT2D eigenvalue weighted by Crippen LogP contribution is 2.15. The van der Waals surface area contributed by atoms with Gasteiger partial charge in [-0.15, -0.1) is 0 Å². The standard InChI is InChI=1S/C23H29N3O4S/c1-17-4-7-20(8-5-17)23(28)26-14-12-25(13-15-26)22(27)10-11-24-31(29,30)21-9-6-18(2)19(3)16-21/h4-9,16,24H,10-15H2,1-3H3. The van der Waals surface area contributed by atoms with Crippen molar-refractivity contribution in [2.24, 2.45) is 0 Å². The molecule has 0 aromatic heterocycles. The molecule has 3 rings (SSSR count). The van der Waals surface area contributed by atoms with Gasteiger partial charge >= 0.3 is 0 Å². The molecule has 0 radical (unpaired) electrons. The second kappa shape index (κ2) is 9.62. The van der Waals surface area contributed by atoms with Crippen molar-refractivity contribution in [2.75, 3.05) is 32.7 Å². The van der Waals surface area contributed by atoms with Gasteiger partial charge in [0.2, 0.25) is 15.9 Å². The van der Waals surface area contributed by atoms with Gasteiger partial charge < -0.3 is 9.80 Å². The monoisotopic (exact) mass is 443 g/mol. The van der Waals surface area contributed by atoms with E-state index in [1.165, 1.54) is 0 Å². The van der Waals surface area contributed by atoms with Gasteiger partial charge in [0.25, 0.3) is 5.91 Å². The number of carbonyl (C=O) groups excluding carboxylic acids is 2. The largest absolute Gasteiger partial charge is 0.339 e. The Morgan fingerprint density at radius 1 is 0.871 bits per heavy atom. The average Bonchev–Trinajstić information content (AvgIpc) is 2.75. The van der Waals surface area contributed by atoms with E-state index in [1.54, 1.807) is 28.0 Å². The number of sulfonamides is 1. The molecule has 2 aromatic rings. The molecular weight excluding hydrogens is 414 g/mol. The fraction of sp³-hybridized carbons (Fsp3) is 0.391. The van der Waals surface area contributed by atoms with Crippen molar-refractivity contribution in [1.29, 1.82) is 0 Å². The highest BCUT2D eigenvalue weighted by molar-refractivity contribution is 7.89. The van der Waals surface area contributed by atoms with E-state index < -0.39 is 10.0 Å². The number of hydrogen-bond donors (Lipinski definition) is 1. The molecule has 1 fully saturated rings. The summed E-state index contributed by atoms with van der Waals surface area (Å²) >= 11 is 0. The maximum Gasteiger partial charge on any atom is 0.253 e. The molecule has 2 aromatic carbocycles. The summed E-state index contributed by atoms with van der Waals surface area (Å²) < 4.78 is 27.4. The van der Waals surface area contributed by atoms with Crippen LogP contribution in [0.4, 0.5) is 0 Å². The minimum atomic E-state index is -3.65. The van der Waals surface area contributed by atoms with Crippen LogP contribution in [0.3, 0.4) is 0 Å². The number of nitrogens with one attached hydrogen (secondary N) is 1. The summed E-state index contributed by atoms with van der Waals surface area (Å²) in [6.07, 6.45) is 0.0793. The molecule has 0 aliphatic carbocycles. The van der Waals surface area contributed by atoms with E-state index in [0.29, 0.717) is 31.7 Å². The molecule has 1 aliphatic rings. The Labute approximate surface area is 184 Å². The molecule has 0 bridgehead atoms. The molecule has 0 saturated carbocycles. The zero-order chi connectivity index (χ0) is 22.6. The lowest BCUT2D eigenvalue weighted by Crippen LogP contribution is -2.51. The summed E-state index contributed by atoms with van der Waals surface area (Å²) in [7, 11) is -3.65. The third-order valence-electron chi connectivity index (χ3n) is 5.64. The summed E-state index contributed by atoms with van der Waals surface area (Å²) in [5.74, 6) is -0.154. The summed E-state index contributed by atoms with van der Waals surface area (Å²) in [6.45, 7) is 7.62. The molecule has 0 atom stereocenters. The van der Waals surface area contributed by atoms with E-state index in [2.05, 4.69) is 4.72 Å². The first-order chi connectivity index (χ1) is 14.7. The third kappa shape index (κ3) is 5.71. The Morgan fingerprint density at radius 2 is 1.48 bits per heavy atom. The van der Waals surface area contributed by atoms with E-state index >= 15 is 0 Å². The van der Waals surface area contributed by atoms with Gasteiger partial charge in [0, 0.05) is 44.7 Å². The van der Waals surface area contributed by atoms with Crippen LogP contribution in [0.1, 0.15) is 33.5 Å². The van der Waals surface area contributed by atoms with Crippen molar-refractivity contribution in [2.45, 2.75) is 32.1 Å². The predicted octanol–water partition coefficient (Wildman–Crippen LogP) is 2.26. The minimum absolute atomic E-state index is 0.0340. The predicted molar refractivity (Wildman–Crippen MR) is 119 cm³/mol. The Balaban J connectivity index is 1.47. The van der Waals surface area contributed by atoms with Gasteiger partial charge in [0.15, 0.2) is 0 Å². The molecule has 1 heterocycles. The van der Waals surface area contributed by atoms with Crippen molar-refractivity contribution < 1.29 is 18.0 Å². The molecule has 1 N–H and O–H groups in total. The van der Waals surface area contributed by atoms with Crippen LogP contribution in [0.25, 0.3) is 0 Å². The Bertz CT molecular complexity index is 1060. The number of piperazine rings is 1. The molecule has 1 saturated heterocycles. The smallest absolute Gasteiger partial charge is 0.253 e. The first kappa shape index (κ1) is 23.0. The zero-order valence-corrected chi connectivity index (χ0v) is 19.0. The van der Waals surface area contributed by atoms with Gasteiger partial charge in [-0.2, -0.15) is 0 Å². The van der Waals surface area contributed by atoms with Crippen molar-refractivity contribution in [1.82, 2.24) is 14.5 Å². The van der Waals surface area contributed by atoms with Crippen LogP contribution >= 0.6 is 0 Å². The van der Waals surface area contributed by atoms with Gasteiger partial charge in [-0.3, -0.25) is 9.59 Å². The van der Waals surface area contributed by atoms with Crippen LogP contribution in [-0.4, -0.2) is 62.8 Å². The van der Waals surface area contributed by atoms with Crippen LogP contribution in [0.5, 0.6) is 0 Å². The van der Waals surface area contributed by atoms with Crippen LogP contribution in [0.2, 0.25) is 0 Å². The minimum Gasteiger partial charge on any atom is -0.339 e. The molecule has 7 nitrogen and oxygen atoms in total. The molecule has 1 aliphatic heterocycles. The van der Waals surface area contributed by atoms with Gasteiger partial charge in [-0.1, -0.05) is 23.8 Å². The lowest BCUT2D eigenvalue weighted by molar-refractivity contribution is -0.132. The molecule has 8 heteroatoms. The van der Waals surface area contributed by atoms with E-state index in [0.717, 1.165) is 16.7 Å². The number of rotatable bonds is 6. The zero-order valence-electron chi connectivity index (χ0n) is 18.2. The second-order valence-corrected chi connectivity index (χ2v) is 9.70. The quantitative estimate of drug-likeness (QED) is 0.742. The van der Waals surface area contributed by atoms with Crippen molar-refractivity contribution >= 4 is 21.8 Å². The molecule has 2 amide bonds. The van der Waals surface area contributed by atoms with Crippen molar-refractivity contribution in [3.8, 4) is 0 Å². The number of nitrogens with zero attached hydrogens (tertiary/aromatic N) is 2. The molecule has 31 heavy (non-hydrogen) atoms. The van der Waals surface area contributed by atoms with Gasteiger partial charge in [0.05, 0.1) is 4.90 Å². The van der Waals surface area contributed by atoms with Gasteiger partial charge in [-0.25, -0.2) is 13.1 Å². The first-order valence-corrected chi connectivity index (χ1v) is 11.9. The fourth-order valence-electron chi connectivity index (χ4n) is 3.45. The highest BCUT2D eigenvalue weighted by atomic mass is 32.2. The van der Waals surface area contributed by atoms with Gasteiger partial charge in [-0.05, 0) is 56.2 Å². The number of hydrogen-bond acceptors (Lipinski definition) is 4. The van der Waals surface area contributed by atoms with E-state index in [9.17, 15) is 18.0 Å². The van der Waals surface area contributed by atoms with E-state index in [-0.39, 0.29) is 29.7 Å². The lowest BCUT2D eigenvalue weighted by Gasteiger charge is -2.35. The summed E-state index contributed by atoms with van der Waals surface area (Å²) in [5, 5.41) is 0. The Hall–Kier alpha value is -2.71. The summed E-state index contributed by atoms with van der Waals surface area (Å²) in [4.78, 5) is 28.7. The molecule has 166 valence electrons. The maximum atomic E-state index is 12.6. The van der Waals surface area contributed by atoms with Crippen LogP contribution in [0.15, 0.2) is 47.4 Å². The molecule has 0 unspecified atom stereocenters. The SMILES string of the molecule is Cc1ccc(C(=O)N2CCN(C(=O)CCNS(=O)(=O)c3ccc(C)c(C)c3)CC2)cc1. The Morgan fingerprint density at radius 3 is 2.10 bits per heavy atom. The van der Waals surface area contributed by atoms with Crippen LogP contribution < -0.4 is 4.72 Å². The topological polar surface area (TPSA) is 86.8 Å². The molecular formula is C23H29N3O4S. The summed E-state index contributed by atoms with van der Waals surface area (Å²) in [5.41, 5.74) is 3.66.